The van der Waals surface area contributed by atoms with E-state index >= 15 is 0 Å². The Morgan fingerprint density at radius 2 is 1.53 bits per heavy atom. The fourth-order valence-corrected chi connectivity index (χ4v) is 3.97. The summed E-state index contributed by atoms with van der Waals surface area (Å²) in [5.41, 5.74) is 2.54. The van der Waals surface area contributed by atoms with E-state index in [1.807, 2.05) is 12.1 Å². The minimum atomic E-state index is -3.16. The number of halogens is 1. The van der Waals surface area contributed by atoms with Gasteiger partial charge in [0.25, 0.3) is 0 Å². The number of benzene rings is 2. The lowest BCUT2D eigenvalue weighted by atomic mass is 9.92. The van der Waals surface area contributed by atoms with Crippen molar-refractivity contribution in [3.63, 3.8) is 0 Å². The second-order valence-corrected chi connectivity index (χ2v) is 11.0. The number of rotatable bonds is 8. The summed E-state index contributed by atoms with van der Waals surface area (Å²) in [4.78, 5) is 4.24. The maximum absolute atomic E-state index is 12.3. The lowest BCUT2D eigenvalue weighted by molar-refractivity contribution is 0.558. The standard InChI is InChI=1S/C23H33N3O2S.HI/c1-23(2,3)29(27,28)16-15-25-22(24-4)26-18-21(20-13-9-6-10-14-20)17-19-11-7-5-8-12-19;/h5-14,21H,15-18H2,1-4H3,(H2,24,25,26);1H. The minimum absolute atomic E-state index is 0. The fraction of sp³-hybridized carbons (Fsp3) is 0.435. The van der Waals surface area contributed by atoms with Gasteiger partial charge in [0.2, 0.25) is 0 Å². The Hall–Kier alpha value is -1.61. The Morgan fingerprint density at radius 3 is 2.07 bits per heavy atom. The van der Waals surface area contributed by atoms with Crippen LogP contribution in [0.15, 0.2) is 65.7 Å². The average Bonchev–Trinajstić information content (AvgIpc) is 2.70. The van der Waals surface area contributed by atoms with Crippen molar-refractivity contribution >= 4 is 39.8 Å². The van der Waals surface area contributed by atoms with Gasteiger partial charge in [-0.15, -0.1) is 24.0 Å². The van der Waals surface area contributed by atoms with Crippen molar-refractivity contribution in [2.45, 2.75) is 37.9 Å². The molecule has 0 saturated carbocycles. The van der Waals surface area contributed by atoms with Crippen LogP contribution in [0.1, 0.15) is 37.8 Å². The smallest absolute Gasteiger partial charge is 0.191 e. The van der Waals surface area contributed by atoms with Crippen molar-refractivity contribution in [3.8, 4) is 0 Å². The Morgan fingerprint density at radius 1 is 0.967 bits per heavy atom. The number of sulfone groups is 1. The molecule has 7 heteroatoms. The number of hydrogen-bond donors (Lipinski definition) is 2. The Balaban J connectivity index is 0.00000450. The number of guanidine groups is 1. The van der Waals surface area contributed by atoms with E-state index in [2.05, 4.69) is 64.2 Å². The average molecular weight is 544 g/mol. The summed E-state index contributed by atoms with van der Waals surface area (Å²) < 4.78 is 23.8. The fourth-order valence-electron chi connectivity index (χ4n) is 2.98. The monoisotopic (exact) mass is 543 g/mol. The lowest BCUT2D eigenvalue weighted by Crippen LogP contribution is -2.43. The third-order valence-electron chi connectivity index (χ3n) is 4.93. The molecule has 30 heavy (non-hydrogen) atoms. The zero-order valence-corrected chi connectivity index (χ0v) is 21.4. The van der Waals surface area contributed by atoms with Gasteiger partial charge in [-0.25, -0.2) is 8.42 Å². The highest BCUT2D eigenvalue weighted by atomic mass is 127. The van der Waals surface area contributed by atoms with E-state index in [1.54, 1.807) is 27.8 Å². The summed E-state index contributed by atoms with van der Waals surface area (Å²) in [6.07, 6.45) is 0.910. The Bertz CT molecular complexity index is 880. The third-order valence-corrected chi connectivity index (χ3v) is 7.54. The van der Waals surface area contributed by atoms with Crippen LogP contribution in [0.25, 0.3) is 0 Å². The first kappa shape index (κ1) is 26.4. The van der Waals surface area contributed by atoms with Gasteiger partial charge in [-0.3, -0.25) is 4.99 Å². The van der Waals surface area contributed by atoms with Crippen LogP contribution in [0, 0.1) is 0 Å². The second kappa shape index (κ2) is 12.3. The van der Waals surface area contributed by atoms with Crippen LogP contribution in [-0.4, -0.2) is 45.0 Å². The maximum Gasteiger partial charge on any atom is 0.191 e. The van der Waals surface area contributed by atoms with Crippen LogP contribution in [0.4, 0.5) is 0 Å². The van der Waals surface area contributed by atoms with E-state index in [9.17, 15) is 8.42 Å². The van der Waals surface area contributed by atoms with Crippen molar-refractivity contribution < 1.29 is 8.42 Å². The van der Waals surface area contributed by atoms with Gasteiger partial charge in [0.1, 0.15) is 0 Å². The molecule has 0 fully saturated rings. The van der Waals surface area contributed by atoms with E-state index < -0.39 is 14.6 Å². The molecule has 0 aromatic heterocycles. The van der Waals surface area contributed by atoms with Crippen molar-refractivity contribution in [2.75, 3.05) is 25.9 Å². The molecule has 0 saturated heterocycles. The molecular formula is C23H34IN3O2S. The Labute approximate surface area is 198 Å². The predicted molar refractivity (Wildman–Crippen MR) is 138 cm³/mol. The zero-order valence-electron chi connectivity index (χ0n) is 18.3. The van der Waals surface area contributed by atoms with Crippen LogP contribution < -0.4 is 10.6 Å². The first-order valence-electron chi connectivity index (χ1n) is 9.98. The summed E-state index contributed by atoms with van der Waals surface area (Å²) in [5, 5.41) is 6.49. The first-order valence-corrected chi connectivity index (χ1v) is 11.6. The summed E-state index contributed by atoms with van der Waals surface area (Å²) in [7, 11) is -1.47. The molecule has 1 unspecified atom stereocenters. The number of hydrogen-bond acceptors (Lipinski definition) is 3. The van der Waals surface area contributed by atoms with Gasteiger partial charge in [-0.05, 0) is 38.3 Å². The van der Waals surface area contributed by atoms with Crippen LogP contribution in [-0.2, 0) is 16.3 Å². The summed E-state index contributed by atoms with van der Waals surface area (Å²) >= 11 is 0. The van der Waals surface area contributed by atoms with Gasteiger partial charge >= 0.3 is 0 Å². The predicted octanol–water partition coefficient (Wildman–Crippen LogP) is 4.01. The molecule has 1 atom stereocenters. The highest BCUT2D eigenvalue weighted by Gasteiger charge is 2.28. The first-order chi connectivity index (χ1) is 13.7. The van der Waals surface area contributed by atoms with E-state index in [0.717, 1.165) is 6.42 Å². The van der Waals surface area contributed by atoms with Gasteiger partial charge in [0, 0.05) is 26.1 Å². The Kier molecular flexibility index (Phi) is 10.8. The van der Waals surface area contributed by atoms with Gasteiger partial charge in [-0.2, -0.15) is 0 Å². The van der Waals surface area contributed by atoms with Gasteiger partial charge < -0.3 is 10.6 Å². The summed E-state index contributed by atoms with van der Waals surface area (Å²) in [5.74, 6) is 0.960. The van der Waals surface area contributed by atoms with Crippen molar-refractivity contribution in [3.05, 3.63) is 71.8 Å². The molecule has 2 rings (SSSR count). The SMILES string of the molecule is CN=C(NCCS(=O)(=O)C(C)(C)C)NCC(Cc1ccccc1)c1ccccc1.I. The highest BCUT2D eigenvalue weighted by Crippen LogP contribution is 2.20. The lowest BCUT2D eigenvalue weighted by Gasteiger charge is -2.22. The topological polar surface area (TPSA) is 70.6 Å². The van der Waals surface area contributed by atoms with Gasteiger partial charge in [0.05, 0.1) is 10.5 Å². The normalized spacial score (nSPS) is 13.3. The summed E-state index contributed by atoms with van der Waals surface area (Å²) in [6.45, 7) is 6.20. The summed E-state index contributed by atoms with van der Waals surface area (Å²) in [6, 6.07) is 20.8. The molecule has 0 amide bonds. The molecule has 2 N–H and O–H groups in total. The minimum Gasteiger partial charge on any atom is -0.356 e. The highest BCUT2D eigenvalue weighted by molar-refractivity contribution is 14.0. The molecule has 0 aliphatic rings. The van der Waals surface area contributed by atoms with Crippen molar-refractivity contribution in [1.82, 2.24) is 10.6 Å². The second-order valence-electron chi connectivity index (χ2n) is 8.11. The van der Waals surface area contributed by atoms with E-state index in [1.165, 1.54) is 11.1 Å². The number of nitrogens with zero attached hydrogens (tertiary/aromatic N) is 1. The van der Waals surface area contributed by atoms with Crippen LogP contribution >= 0.6 is 24.0 Å². The molecule has 2 aromatic rings. The molecule has 0 radical (unpaired) electrons. The molecule has 5 nitrogen and oxygen atoms in total. The number of nitrogens with one attached hydrogen (secondary N) is 2. The van der Waals surface area contributed by atoms with E-state index in [0.29, 0.717) is 19.0 Å². The maximum atomic E-state index is 12.3. The van der Waals surface area contributed by atoms with Crippen molar-refractivity contribution in [2.24, 2.45) is 4.99 Å². The van der Waals surface area contributed by atoms with Crippen LogP contribution in [0.5, 0.6) is 0 Å². The van der Waals surface area contributed by atoms with E-state index in [-0.39, 0.29) is 35.6 Å². The molecule has 2 aromatic carbocycles. The van der Waals surface area contributed by atoms with Crippen molar-refractivity contribution in [1.29, 1.82) is 0 Å². The molecule has 0 bridgehead atoms. The van der Waals surface area contributed by atoms with E-state index in [4.69, 9.17) is 0 Å². The molecule has 0 heterocycles. The zero-order chi connectivity index (χ0) is 21.3. The van der Waals surface area contributed by atoms with Crippen LogP contribution in [0.2, 0.25) is 0 Å². The van der Waals surface area contributed by atoms with Gasteiger partial charge in [-0.1, -0.05) is 60.7 Å². The number of aliphatic imine (C=N–C) groups is 1. The van der Waals surface area contributed by atoms with Crippen LogP contribution in [0.3, 0.4) is 0 Å². The largest absolute Gasteiger partial charge is 0.356 e. The van der Waals surface area contributed by atoms with Gasteiger partial charge in [0.15, 0.2) is 15.8 Å². The molecule has 0 aliphatic heterocycles. The molecule has 166 valence electrons. The molecular weight excluding hydrogens is 509 g/mol. The molecule has 0 spiro atoms. The molecule has 0 aliphatic carbocycles. The quantitative estimate of drug-likeness (QED) is 0.300. The third kappa shape index (κ3) is 8.26.